The molecule has 4 heteroatoms. The summed E-state index contributed by atoms with van der Waals surface area (Å²) in [6.45, 7) is 4.08. The van der Waals surface area contributed by atoms with E-state index in [0.29, 0.717) is 17.2 Å². The summed E-state index contributed by atoms with van der Waals surface area (Å²) in [4.78, 5) is 12.1. The standard InChI is InChI=1S/C14H20N2O2/c1-10-9-15-7-6-13(10)16-14(17)11-4-3-5-12(8-11)18-2/h3-5,8,10,13,15H,6-7,9H2,1-2H3,(H,16,17). The number of carbonyl (C=O) groups is 1. The average Bonchev–Trinajstić information content (AvgIpc) is 2.41. The number of hydrogen-bond acceptors (Lipinski definition) is 3. The van der Waals surface area contributed by atoms with Crippen molar-refractivity contribution in [3.63, 3.8) is 0 Å². The summed E-state index contributed by atoms with van der Waals surface area (Å²) in [6.07, 6.45) is 0.983. The number of piperidine rings is 1. The van der Waals surface area contributed by atoms with Crippen LogP contribution in [0.1, 0.15) is 23.7 Å². The summed E-state index contributed by atoms with van der Waals surface area (Å²) < 4.78 is 5.13. The summed E-state index contributed by atoms with van der Waals surface area (Å²) >= 11 is 0. The molecule has 0 saturated carbocycles. The highest BCUT2D eigenvalue weighted by atomic mass is 16.5. The van der Waals surface area contributed by atoms with Crippen LogP contribution in [0.25, 0.3) is 0 Å². The van der Waals surface area contributed by atoms with Crippen LogP contribution in [0.15, 0.2) is 24.3 Å². The molecule has 1 aliphatic rings. The molecule has 2 N–H and O–H groups in total. The van der Waals surface area contributed by atoms with Gasteiger partial charge in [-0.25, -0.2) is 0 Å². The topological polar surface area (TPSA) is 50.4 Å². The second-order valence-corrected chi connectivity index (χ2v) is 4.78. The summed E-state index contributed by atoms with van der Waals surface area (Å²) in [5, 5.41) is 6.43. The van der Waals surface area contributed by atoms with Gasteiger partial charge in [-0.1, -0.05) is 13.0 Å². The Bertz CT molecular complexity index is 420. The minimum Gasteiger partial charge on any atom is -0.497 e. The Kier molecular flexibility index (Phi) is 4.20. The summed E-state index contributed by atoms with van der Waals surface area (Å²) in [5.74, 6) is 1.15. The van der Waals surface area contributed by atoms with Gasteiger partial charge in [0.05, 0.1) is 7.11 Å². The lowest BCUT2D eigenvalue weighted by molar-refractivity contribution is 0.0914. The first-order valence-electron chi connectivity index (χ1n) is 6.36. The fourth-order valence-electron chi connectivity index (χ4n) is 2.24. The molecule has 1 saturated heterocycles. The van der Waals surface area contributed by atoms with Crippen molar-refractivity contribution in [1.82, 2.24) is 10.6 Å². The molecule has 18 heavy (non-hydrogen) atoms. The largest absolute Gasteiger partial charge is 0.497 e. The molecule has 1 amide bonds. The lowest BCUT2D eigenvalue weighted by atomic mass is 9.95. The summed E-state index contributed by atoms with van der Waals surface area (Å²) in [5.41, 5.74) is 0.653. The molecule has 0 bridgehead atoms. The van der Waals surface area contributed by atoms with E-state index in [4.69, 9.17) is 4.74 Å². The fourth-order valence-corrected chi connectivity index (χ4v) is 2.24. The number of ether oxygens (including phenoxy) is 1. The monoisotopic (exact) mass is 248 g/mol. The van der Waals surface area contributed by atoms with Crippen molar-refractivity contribution in [2.75, 3.05) is 20.2 Å². The predicted molar refractivity (Wildman–Crippen MR) is 70.9 cm³/mol. The van der Waals surface area contributed by atoms with Gasteiger partial charge in [0, 0.05) is 11.6 Å². The highest BCUT2D eigenvalue weighted by Crippen LogP contribution is 2.15. The number of carbonyl (C=O) groups excluding carboxylic acids is 1. The zero-order valence-electron chi connectivity index (χ0n) is 10.9. The number of nitrogens with one attached hydrogen (secondary N) is 2. The van der Waals surface area contributed by atoms with Crippen LogP contribution in [0.2, 0.25) is 0 Å². The Morgan fingerprint density at radius 1 is 1.50 bits per heavy atom. The Morgan fingerprint density at radius 2 is 2.33 bits per heavy atom. The molecule has 2 rings (SSSR count). The second-order valence-electron chi connectivity index (χ2n) is 4.78. The molecular weight excluding hydrogens is 228 g/mol. The van der Waals surface area contributed by atoms with E-state index in [1.54, 1.807) is 13.2 Å². The molecule has 1 fully saturated rings. The van der Waals surface area contributed by atoms with Gasteiger partial charge in [-0.15, -0.1) is 0 Å². The summed E-state index contributed by atoms with van der Waals surface area (Å²) in [7, 11) is 1.60. The van der Waals surface area contributed by atoms with Gasteiger partial charge in [0.1, 0.15) is 5.75 Å². The minimum atomic E-state index is -0.0207. The highest BCUT2D eigenvalue weighted by Gasteiger charge is 2.23. The first-order chi connectivity index (χ1) is 8.70. The van der Waals surface area contributed by atoms with Gasteiger partial charge in [0.15, 0.2) is 0 Å². The molecule has 4 nitrogen and oxygen atoms in total. The third kappa shape index (κ3) is 3.01. The van der Waals surface area contributed by atoms with Crippen LogP contribution in [-0.4, -0.2) is 32.1 Å². The number of amides is 1. The van der Waals surface area contributed by atoms with E-state index in [9.17, 15) is 4.79 Å². The number of benzene rings is 1. The number of hydrogen-bond donors (Lipinski definition) is 2. The van der Waals surface area contributed by atoms with E-state index >= 15 is 0 Å². The van der Waals surface area contributed by atoms with E-state index < -0.39 is 0 Å². The average molecular weight is 248 g/mol. The van der Waals surface area contributed by atoms with E-state index in [-0.39, 0.29) is 11.9 Å². The first-order valence-corrected chi connectivity index (χ1v) is 6.36. The van der Waals surface area contributed by atoms with E-state index in [0.717, 1.165) is 19.5 Å². The van der Waals surface area contributed by atoms with E-state index in [2.05, 4.69) is 17.6 Å². The third-order valence-electron chi connectivity index (χ3n) is 3.43. The molecule has 0 aliphatic carbocycles. The zero-order valence-corrected chi connectivity index (χ0v) is 10.9. The molecule has 1 heterocycles. The zero-order chi connectivity index (χ0) is 13.0. The molecular formula is C14H20N2O2. The van der Waals surface area contributed by atoms with Crippen LogP contribution in [-0.2, 0) is 0 Å². The second kappa shape index (κ2) is 5.87. The maximum atomic E-state index is 12.1. The predicted octanol–water partition coefficient (Wildman–Crippen LogP) is 1.42. The Morgan fingerprint density at radius 3 is 3.06 bits per heavy atom. The van der Waals surface area contributed by atoms with Crippen molar-refractivity contribution in [3.05, 3.63) is 29.8 Å². The van der Waals surface area contributed by atoms with Gasteiger partial charge in [-0.3, -0.25) is 4.79 Å². The molecule has 0 spiro atoms. The SMILES string of the molecule is COc1cccc(C(=O)NC2CCNCC2C)c1. The van der Waals surface area contributed by atoms with Gasteiger partial charge >= 0.3 is 0 Å². The summed E-state index contributed by atoms with van der Waals surface area (Å²) in [6, 6.07) is 7.50. The van der Waals surface area contributed by atoms with Crippen LogP contribution in [0, 0.1) is 5.92 Å². The molecule has 98 valence electrons. The van der Waals surface area contributed by atoms with E-state index in [1.165, 1.54) is 0 Å². The smallest absolute Gasteiger partial charge is 0.251 e. The normalized spacial score (nSPS) is 23.4. The Labute approximate surface area is 108 Å². The van der Waals surface area contributed by atoms with Crippen LogP contribution in [0.5, 0.6) is 5.75 Å². The van der Waals surface area contributed by atoms with Crippen molar-refractivity contribution in [1.29, 1.82) is 0 Å². The minimum absolute atomic E-state index is 0.0207. The Hall–Kier alpha value is -1.55. The molecule has 2 unspecified atom stereocenters. The van der Waals surface area contributed by atoms with Crippen LogP contribution in [0.4, 0.5) is 0 Å². The van der Waals surface area contributed by atoms with Crippen molar-refractivity contribution in [2.45, 2.75) is 19.4 Å². The van der Waals surface area contributed by atoms with Gasteiger partial charge in [0.2, 0.25) is 0 Å². The quantitative estimate of drug-likeness (QED) is 0.850. The maximum absolute atomic E-state index is 12.1. The lowest BCUT2D eigenvalue weighted by Crippen LogP contribution is -2.48. The van der Waals surface area contributed by atoms with Crippen molar-refractivity contribution < 1.29 is 9.53 Å². The van der Waals surface area contributed by atoms with Crippen LogP contribution < -0.4 is 15.4 Å². The van der Waals surface area contributed by atoms with Crippen molar-refractivity contribution in [2.24, 2.45) is 5.92 Å². The highest BCUT2D eigenvalue weighted by molar-refractivity contribution is 5.94. The van der Waals surface area contributed by atoms with Crippen LogP contribution >= 0.6 is 0 Å². The number of methoxy groups -OCH3 is 1. The van der Waals surface area contributed by atoms with Gasteiger partial charge in [-0.2, -0.15) is 0 Å². The fraction of sp³-hybridized carbons (Fsp3) is 0.500. The molecule has 1 aromatic rings. The van der Waals surface area contributed by atoms with Crippen molar-refractivity contribution >= 4 is 5.91 Å². The maximum Gasteiger partial charge on any atom is 0.251 e. The van der Waals surface area contributed by atoms with Gasteiger partial charge in [-0.05, 0) is 43.6 Å². The number of rotatable bonds is 3. The molecule has 1 aromatic carbocycles. The third-order valence-corrected chi connectivity index (χ3v) is 3.43. The molecule has 0 aromatic heterocycles. The van der Waals surface area contributed by atoms with Gasteiger partial charge in [0.25, 0.3) is 5.91 Å². The first kappa shape index (κ1) is 12.9. The lowest BCUT2D eigenvalue weighted by Gasteiger charge is -2.30. The van der Waals surface area contributed by atoms with E-state index in [1.807, 2.05) is 18.2 Å². The molecule has 0 radical (unpaired) electrons. The van der Waals surface area contributed by atoms with Gasteiger partial charge < -0.3 is 15.4 Å². The molecule has 2 atom stereocenters. The molecule has 1 aliphatic heterocycles. The van der Waals surface area contributed by atoms with Crippen molar-refractivity contribution in [3.8, 4) is 5.75 Å². The Balaban J connectivity index is 2.02. The van der Waals surface area contributed by atoms with Crippen LogP contribution in [0.3, 0.4) is 0 Å².